The van der Waals surface area contributed by atoms with Crippen LogP contribution >= 0.6 is 11.7 Å². The number of rotatable bonds is 8. The largest absolute Gasteiger partial charge is 0.473 e. The number of ether oxygens (including phenoxy) is 2. The van der Waals surface area contributed by atoms with Gasteiger partial charge in [-0.1, -0.05) is 13.8 Å². The molecule has 1 aromatic heterocycles. The zero-order valence-corrected chi connectivity index (χ0v) is 12.0. The maximum Gasteiger partial charge on any atom is 0.323 e. The average molecular weight is 289 g/mol. The number of carbonyl (C=O) groups excluding carboxylic acids is 1. The van der Waals surface area contributed by atoms with E-state index < -0.39 is 12.1 Å². The number of nitrogens with one attached hydrogen (secondary N) is 1. The monoisotopic (exact) mass is 289 g/mol. The number of methoxy groups -OCH3 is 1. The third-order valence-electron chi connectivity index (χ3n) is 2.46. The summed E-state index contributed by atoms with van der Waals surface area (Å²) in [6.45, 7) is 4.12. The summed E-state index contributed by atoms with van der Waals surface area (Å²) >= 11 is 1.04. The number of carbonyl (C=O) groups is 1. The molecule has 2 unspecified atom stereocenters. The van der Waals surface area contributed by atoms with Gasteiger partial charge in [0.2, 0.25) is 5.88 Å². The lowest BCUT2D eigenvalue weighted by atomic mass is 10.0. The van der Waals surface area contributed by atoms with Gasteiger partial charge in [0.25, 0.3) is 0 Å². The summed E-state index contributed by atoms with van der Waals surface area (Å²) < 4.78 is 17.5. The van der Waals surface area contributed by atoms with E-state index in [-0.39, 0.29) is 25.0 Å². The van der Waals surface area contributed by atoms with Crippen LogP contribution in [0, 0.1) is 5.92 Å². The minimum Gasteiger partial charge on any atom is -0.473 e. The number of nitrogens with zero attached hydrogens (tertiary/aromatic N) is 2. The number of esters is 1. The topological polar surface area (TPSA) is 93.6 Å². The van der Waals surface area contributed by atoms with E-state index in [2.05, 4.69) is 14.1 Å². The molecular weight excluding hydrogens is 270 g/mol. The molecule has 1 heterocycles. The summed E-state index contributed by atoms with van der Waals surface area (Å²) in [6, 6.07) is -0.444. The second-order valence-electron chi connectivity index (χ2n) is 4.36. The maximum atomic E-state index is 11.5. The van der Waals surface area contributed by atoms with Crippen LogP contribution in [0.2, 0.25) is 0 Å². The van der Waals surface area contributed by atoms with Crippen LogP contribution in [0.15, 0.2) is 6.20 Å². The standard InChI is InChI=1S/C11H19N3O4S/c1-7(2)10(11(16)17-3)12-4-8(15)6-18-9-5-13-19-14-9/h5,7-8,10,12,15H,4,6H2,1-3H3. The van der Waals surface area contributed by atoms with Crippen molar-refractivity contribution in [3.05, 3.63) is 6.20 Å². The lowest BCUT2D eigenvalue weighted by Crippen LogP contribution is -2.46. The summed E-state index contributed by atoms with van der Waals surface area (Å²) in [5, 5.41) is 12.7. The molecule has 2 atom stereocenters. The first-order chi connectivity index (χ1) is 9.04. The van der Waals surface area contributed by atoms with Gasteiger partial charge in [0, 0.05) is 6.54 Å². The Morgan fingerprint density at radius 2 is 2.32 bits per heavy atom. The second kappa shape index (κ2) is 8.03. The summed E-state index contributed by atoms with van der Waals surface area (Å²) in [4.78, 5) is 11.5. The molecule has 19 heavy (non-hydrogen) atoms. The third kappa shape index (κ3) is 5.50. The van der Waals surface area contributed by atoms with Crippen molar-refractivity contribution in [3.63, 3.8) is 0 Å². The Kier molecular flexibility index (Phi) is 6.68. The molecule has 0 aromatic carbocycles. The fourth-order valence-electron chi connectivity index (χ4n) is 1.44. The molecule has 0 amide bonds. The van der Waals surface area contributed by atoms with Gasteiger partial charge >= 0.3 is 5.97 Å². The zero-order chi connectivity index (χ0) is 14.3. The minimum absolute atomic E-state index is 0.0725. The van der Waals surface area contributed by atoms with Crippen molar-refractivity contribution in [2.75, 3.05) is 20.3 Å². The molecule has 0 radical (unpaired) electrons. The van der Waals surface area contributed by atoms with Crippen molar-refractivity contribution in [1.82, 2.24) is 14.1 Å². The highest BCUT2D eigenvalue weighted by atomic mass is 32.1. The van der Waals surface area contributed by atoms with Crippen molar-refractivity contribution < 1.29 is 19.4 Å². The van der Waals surface area contributed by atoms with Gasteiger partial charge in [-0.05, 0) is 5.92 Å². The smallest absolute Gasteiger partial charge is 0.323 e. The first-order valence-electron chi connectivity index (χ1n) is 5.94. The third-order valence-corrected chi connectivity index (χ3v) is 2.92. The van der Waals surface area contributed by atoms with Crippen molar-refractivity contribution in [2.45, 2.75) is 26.0 Å². The van der Waals surface area contributed by atoms with Gasteiger partial charge in [-0.15, -0.1) is 4.37 Å². The quantitative estimate of drug-likeness (QED) is 0.654. The van der Waals surface area contributed by atoms with Crippen LogP contribution < -0.4 is 10.1 Å². The number of hydrogen-bond donors (Lipinski definition) is 2. The molecule has 0 fully saturated rings. The molecule has 0 aliphatic carbocycles. The van der Waals surface area contributed by atoms with Crippen molar-refractivity contribution in [2.24, 2.45) is 5.92 Å². The van der Waals surface area contributed by atoms with E-state index in [0.717, 1.165) is 11.7 Å². The molecular formula is C11H19N3O4S. The van der Waals surface area contributed by atoms with Crippen LogP contribution in [-0.4, -0.2) is 52.2 Å². The van der Waals surface area contributed by atoms with E-state index in [1.807, 2.05) is 13.8 Å². The second-order valence-corrected chi connectivity index (χ2v) is 4.92. The molecule has 0 saturated carbocycles. The number of aliphatic hydroxyl groups excluding tert-OH is 1. The Morgan fingerprint density at radius 1 is 1.58 bits per heavy atom. The molecule has 0 saturated heterocycles. The van der Waals surface area contributed by atoms with E-state index in [0.29, 0.717) is 5.88 Å². The Labute approximate surface area is 116 Å². The van der Waals surface area contributed by atoms with Crippen LogP contribution in [0.4, 0.5) is 0 Å². The van der Waals surface area contributed by atoms with E-state index in [1.54, 1.807) is 0 Å². The Bertz CT molecular complexity index is 372. The van der Waals surface area contributed by atoms with Crippen LogP contribution in [0.5, 0.6) is 5.88 Å². The predicted octanol–water partition coefficient (Wildman–Crippen LogP) is 0.0650. The minimum atomic E-state index is -0.743. The van der Waals surface area contributed by atoms with Crippen LogP contribution in [0.25, 0.3) is 0 Å². The lowest BCUT2D eigenvalue weighted by molar-refractivity contribution is -0.144. The van der Waals surface area contributed by atoms with Gasteiger partial charge in [-0.2, -0.15) is 4.37 Å². The fraction of sp³-hybridized carbons (Fsp3) is 0.727. The van der Waals surface area contributed by atoms with Gasteiger partial charge < -0.3 is 19.9 Å². The van der Waals surface area contributed by atoms with Crippen LogP contribution in [0.1, 0.15) is 13.8 Å². The molecule has 1 rings (SSSR count). The summed E-state index contributed by atoms with van der Waals surface area (Å²) in [5.74, 6) is 0.118. The fourth-order valence-corrected chi connectivity index (χ4v) is 1.81. The number of aliphatic hydroxyl groups is 1. The first-order valence-corrected chi connectivity index (χ1v) is 6.67. The van der Waals surface area contributed by atoms with Crippen LogP contribution in [-0.2, 0) is 9.53 Å². The number of aromatic nitrogens is 2. The van der Waals surface area contributed by atoms with E-state index in [1.165, 1.54) is 13.3 Å². The van der Waals surface area contributed by atoms with Crippen molar-refractivity contribution in [3.8, 4) is 5.88 Å². The average Bonchev–Trinajstić information content (AvgIpc) is 2.88. The molecule has 1 aromatic rings. The van der Waals surface area contributed by atoms with Gasteiger partial charge in [-0.3, -0.25) is 4.79 Å². The maximum absolute atomic E-state index is 11.5. The van der Waals surface area contributed by atoms with Gasteiger partial charge in [0.05, 0.1) is 18.8 Å². The highest BCUT2D eigenvalue weighted by molar-refractivity contribution is 6.99. The van der Waals surface area contributed by atoms with Crippen molar-refractivity contribution >= 4 is 17.7 Å². The highest BCUT2D eigenvalue weighted by Crippen LogP contribution is 2.06. The Hall–Kier alpha value is -1.25. The molecule has 0 aliphatic rings. The van der Waals surface area contributed by atoms with E-state index in [4.69, 9.17) is 9.47 Å². The van der Waals surface area contributed by atoms with E-state index in [9.17, 15) is 9.90 Å². The molecule has 0 spiro atoms. The van der Waals surface area contributed by atoms with Crippen LogP contribution in [0.3, 0.4) is 0 Å². The van der Waals surface area contributed by atoms with Crippen molar-refractivity contribution in [1.29, 1.82) is 0 Å². The lowest BCUT2D eigenvalue weighted by Gasteiger charge is -2.21. The summed E-state index contributed by atoms with van der Waals surface area (Å²) in [5.41, 5.74) is 0. The van der Waals surface area contributed by atoms with E-state index >= 15 is 0 Å². The Morgan fingerprint density at radius 3 is 2.84 bits per heavy atom. The molecule has 0 bridgehead atoms. The SMILES string of the molecule is COC(=O)C(NCC(O)COc1cnsn1)C(C)C. The molecule has 7 nitrogen and oxygen atoms in total. The molecule has 2 N–H and O–H groups in total. The molecule has 8 heteroatoms. The van der Waals surface area contributed by atoms with Gasteiger partial charge in [-0.25, -0.2) is 0 Å². The highest BCUT2D eigenvalue weighted by Gasteiger charge is 2.23. The normalized spacial score (nSPS) is 14.2. The zero-order valence-electron chi connectivity index (χ0n) is 11.2. The number of hydrogen-bond acceptors (Lipinski definition) is 8. The van der Waals surface area contributed by atoms with Gasteiger partial charge in [0.15, 0.2) is 0 Å². The molecule has 108 valence electrons. The predicted molar refractivity (Wildman–Crippen MR) is 70.1 cm³/mol. The molecule has 0 aliphatic heterocycles. The first kappa shape index (κ1) is 15.8. The summed E-state index contributed by atoms with van der Waals surface area (Å²) in [6.07, 6.45) is 0.739. The van der Waals surface area contributed by atoms with Gasteiger partial charge in [0.1, 0.15) is 24.9 Å². The summed E-state index contributed by atoms with van der Waals surface area (Å²) in [7, 11) is 1.34. The Balaban J connectivity index is 2.31.